The molecule has 0 aromatic heterocycles. The molecule has 13 heteroatoms. The molecule has 0 radical (unpaired) electrons. The summed E-state index contributed by atoms with van der Waals surface area (Å²) in [4.78, 5) is -0.806. The molecule has 0 heterocycles. The van der Waals surface area contributed by atoms with E-state index in [1.807, 2.05) is 6.07 Å². The van der Waals surface area contributed by atoms with Gasteiger partial charge in [-0.1, -0.05) is 172 Å². The number of para-hydroxylation sites is 2. The molecule has 4 aromatic carbocycles. The summed E-state index contributed by atoms with van der Waals surface area (Å²) in [6.45, 7) is 4.44. The first-order valence-corrected chi connectivity index (χ1v) is 24.8. The third-order valence-corrected chi connectivity index (χ3v) is 12.2. The normalized spacial score (nSPS) is 11.3. The van der Waals surface area contributed by atoms with Crippen molar-refractivity contribution in [1.82, 2.24) is 0 Å². The molecule has 0 atom stereocenters. The standard InChI is InChI=1S/2C24H34O5S.Ca/c2*1-2-3-4-5-6-7-8-9-10-14-17-21-22(25)18-19-23(30(26,27)28)24(21)29-20-15-12-11-13-16-20;/h2*11-13,15-16,18-19,25H,2-10,14,17H2,1H3,(H,26,27,28);/q;;+2/p-2. The topological polar surface area (TPSA) is 173 Å². The van der Waals surface area contributed by atoms with Gasteiger partial charge in [0.05, 0.1) is 4.90 Å². The van der Waals surface area contributed by atoms with Gasteiger partial charge >= 0.3 is 37.7 Å². The van der Waals surface area contributed by atoms with Gasteiger partial charge < -0.3 is 24.2 Å². The molecule has 0 saturated heterocycles. The number of hydrogen-bond acceptors (Lipinski definition) is 9. The summed E-state index contributed by atoms with van der Waals surface area (Å²) >= 11 is 0. The predicted octanol–water partition coefficient (Wildman–Crippen LogP) is 12.4. The third kappa shape index (κ3) is 20.9. The molecule has 0 unspecified atom stereocenters. The first-order valence-electron chi connectivity index (χ1n) is 21.9. The van der Waals surface area contributed by atoms with Crippen LogP contribution in [0.15, 0.2) is 94.7 Å². The predicted molar refractivity (Wildman–Crippen MR) is 242 cm³/mol. The van der Waals surface area contributed by atoms with E-state index in [4.69, 9.17) is 9.47 Å². The molecule has 0 spiro atoms. The Hall–Kier alpha value is -2.84. The SMILES string of the molecule is CCCCCCCCCCCCc1c(O)ccc(S(=O)(=O)O)c1Oc1ccccc1.CCCCCCCCCCCCc1c([O-])ccc(S(=O)(=O)[O-])c1Oc1ccccc1.[Ca+2]. The molecule has 10 nitrogen and oxygen atoms in total. The number of phenols is 1. The fourth-order valence-corrected chi connectivity index (χ4v) is 8.34. The summed E-state index contributed by atoms with van der Waals surface area (Å²) in [5.74, 6) is 0.377. The molecule has 4 rings (SSSR count). The maximum atomic E-state index is 12.4. The Labute approximate surface area is 396 Å². The van der Waals surface area contributed by atoms with Gasteiger partial charge in [-0.15, -0.1) is 5.75 Å². The van der Waals surface area contributed by atoms with Gasteiger partial charge in [-0.25, -0.2) is 8.42 Å². The molecule has 0 aliphatic rings. The minimum absolute atomic E-state index is 0. The van der Waals surface area contributed by atoms with Crippen LogP contribution in [0.3, 0.4) is 0 Å². The van der Waals surface area contributed by atoms with Gasteiger partial charge in [0.2, 0.25) is 0 Å². The second-order valence-electron chi connectivity index (χ2n) is 15.4. The largest absolute Gasteiger partial charge is 2.00 e. The van der Waals surface area contributed by atoms with Gasteiger partial charge in [-0.05, 0) is 73.7 Å². The van der Waals surface area contributed by atoms with E-state index in [1.165, 1.54) is 102 Å². The fourth-order valence-electron chi connectivity index (χ4n) is 7.08. The van der Waals surface area contributed by atoms with Gasteiger partial charge in [0.1, 0.15) is 38.0 Å². The van der Waals surface area contributed by atoms with E-state index in [1.54, 1.807) is 54.6 Å². The zero-order valence-corrected chi connectivity index (χ0v) is 40.2. The molecular weight excluding hydrogens is 841 g/mol. The van der Waals surface area contributed by atoms with Crippen molar-refractivity contribution in [3.63, 3.8) is 0 Å². The summed E-state index contributed by atoms with van der Waals surface area (Å²) in [6.07, 6.45) is 24.3. The molecule has 0 aliphatic carbocycles. The quantitative estimate of drug-likeness (QED) is 0.0317. The Bertz CT molecular complexity index is 1880. The van der Waals surface area contributed by atoms with Crippen molar-refractivity contribution in [3.05, 3.63) is 96.1 Å². The van der Waals surface area contributed by atoms with E-state index in [0.29, 0.717) is 29.9 Å². The Morgan fingerprint density at radius 3 is 1.25 bits per heavy atom. The van der Waals surface area contributed by atoms with Crippen LogP contribution in [0.1, 0.15) is 153 Å². The van der Waals surface area contributed by atoms with Crippen LogP contribution in [-0.2, 0) is 33.1 Å². The molecule has 61 heavy (non-hydrogen) atoms. The summed E-state index contributed by atoms with van der Waals surface area (Å²) in [7, 11) is -9.24. The summed E-state index contributed by atoms with van der Waals surface area (Å²) in [6, 6.07) is 22.0. The van der Waals surface area contributed by atoms with Crippen LogP contribution in [-0.4, -0.2) is 68.8 Å². The maximum Gasteiger partial charge on any atom is 2.00 e. The molecule has 332 valence electrons. The van der Waals surface area contributed by atoms with E-state index in [-0.39, 0.29) is 71.2 Å². The number of hydrogen-bond donors (Lipinski definition) is 2. The number of benzene rings is 4. The van der Waals surface area contributed by atoms with Crippen molar-refractivity contribution in [1.29, 1.82) is 0 Å². The first-order chi connectivity index (χ1) is 28.9. The smallest absolute Gasteiger partial charge is 0.872 e. The Balaban J connectivity index is 0.000000413. The van der Waals surface area contributed by atoms with Gasteiger partial charge in [0.15, 0.2) is 5.75 Å². The Morgan fingerprint density at radius 2 is 0.852 bits per heavy atom. The zero-order valence-electron chi connectivity index (χ0n) is 36.3. The monoisotopic (exact) mass is 906 g/mol. The summed E-state index contributed by atoms with van der Waals surface area (Å²) in [5, 5.41) is 22.8. The number of aromatic hydroxyl groups is 1. The molecule has 0 saturated carbocycles. The van der Waals surface area contributed by atoms with Gasteiger partial charge in [-0.3, -0.25) is 4.55 Å². The second kappa shape index (κ2) is 30.3. The van der Waals surface area contributed by atoms with E-state index in [2.05, 4.69) is 13.8 Å². The van der Waals surface area contributed by atoms with Crippen molar-refractivity contribution in [2.45, 2.75) is 165 Å². The first kappa shape index (κ1) is 54.3. The summed E-state index contributed by atoms with van der Waals surface area (Å²) in [5.41, 5.74) is 0.670. The van der Waals surface area contributed by atoms with E-state index < -0.39 is 25.1 Å². The van der Waals surface area contributed by atoms with Crippen LogP contribution >= 0.6 is 0 Å². The Morgan fingerprint density at radius 1 is 0.492 bits per heavy atom. The second-order valence-corrected chi connectivity index (χ2v) is 18.1. The number of ether oxygens (including phenoxy) is 2. The van der Waals surface area contributed by atoms with E-state index in [0.717, 1.165) is 50.7 Å². The zero-order chi connectivity index (χ0) is 43.6. The fraction of sp³-hybridized carbons (Fsp3) is 0.500. The van der Waals surface area contributed by atoms with E-state index >= 15 is 0 Å². The minimum atomic E-state index is -4.76. The molecule has 4 aromatic rings. The third-order valence-electron chi connectivity index (χ3n) is 10.4. The number of unbranched alkanes of at least 4 members (excludes halogenated alkanes) is 18. The average molecular weight is 907 g/mol. The molecule has 2 N–H and O–H groups in total. The van der Waals surface area contributed by atoms with Crippen LogP contribution in [0, 0.1) is 0 Å². The van der Waals surface area contributed by atoms with Crippen LogP contribution in [0.25, 0.3) is 0 Å². The molecule has 0 bridgehead atoms. The van der Waals surface area contributed by atoms with Crippen LogP contribution in [0.5, 0.6) is 34.5 Å². The van der Waals surface area contributed by atoms with Crippen molar-refractivity contribution < 1.29 is 45.6 Å². The number of phenolic OH excluding ortho intramolecular Hbond substituents is 1. The van der Waals surface area contributed by atoms with E-state index in [9.17, 15) is 36.2 Å². The number of rotatable bonds is 28. The van der Waals surface area contributed by atoms with Crippen LogP contribution in [0.2, 0.25) is 0 Å². The average Bonchev–Trinajstić information content (AvgIpc) is 3.21. The maximum absolute atomic E-state index is 12.4. The van der Waals surface area contributed by atoms with Gasteiger partial charge in [0.25, 0.3) is 10.1 Å². The van der Waals surface area contributed by atoms with Crippen molar-refractivity contribution >= 4 is 58.0 Å². The molecular formula is C48H66CaO10S2. The van der Waals surface area contributed by atoms with Gasteiger partial charge in [0, 0.05) is 5.56 Å². The van der Waals surface area contributed by atoms with Crippen molar-refractivity contribution in [2.24, 2.45) is 0 Å². The molecule has 0 amide bonds. The van der Waals surface area contributed by atoms with Gasteiger partial charge in [-0.2, -0.15) is 8.42 Å². The Kier molecular flexibility index (Phi) is 27.0. The molecule has 0 fully saturated rings. The summed E-state index contributed by atoms with van der Waals surface area (Å²) < 4.78 is 79.9. The van der Waals surface area contributed by atoms with Crippen molar-refractivity contribution in [2.75, 3.05) is 0 Å². The minimum Gasteiger partial charge on any atom is -0.872 e. The van der Waals surface area contributed by atoms with Crippen molar-refractivity contribution in [3.8, 4) is 34.5 Å². The van der Waals surface area contributed by atoms with Crippen LogP contribution in [0.4, 0.5) is 0 Å². The van der Waals surface area contributed by atoms with Crippen LogP contribution < -0.4 is 14.6 Å². The molecule has 0 aliphatic heterocycles.